The highest BCUT2D eigenvalue weighted by atomic mass is 16.5. The fourth-order valence-electron chi connectivity index (χ4n) is 3.66. The van der Waals surface area contributed by atoms with E-state index in [1.54, 1.807) is 7.11 Å². The lowest BCUT2D eigenvalue weighted by molar-refractivity contribution is -0.109. The van der Waals surface area contributed by atoms with Gasteiger partial charge in [-0.3, -0.25) is 9.69 Å². The van der Waals surface area contributed by atoms with E-state index in [-0.39, 0.29) is 12.5 Å². The van der Waals surface area contributed by atoms with Crippen LogP contribution in [0.1, 0.15) is 12.8 Å². The highest BCUT2D eigenvalue weighted by molar-refractivity contribution is 5.46. The zero-order valence-electron chi connectivity index (χ0n) is 16.7. The quantitative estimate of drug-likeness (QED) is 0.442. The summed E-state index contributed by atoms with van der Waals surface area (Å²) >= 11 is 0. The van der Waals surface area contributed by atoms with Crippen LogP contribution in [0.15, 0.2) is 24.3 Å². The molecule has 1 aliphatic rings. The first-order valence-electron chi connectivity index (χ1n) is 9.63. The molecule has 0 aliphatic carbocycles. The number of aliphatic hydroxyl groups is 1. The maximum Gasteiger partial charge on any atom is 0.207 e. The zero-order valence-corrected chi connectivity index (χ0v) is 16.7. The summed E-state index contributed by atoms with van der Waals surface area (Å²) in [6.45, 7) is 3.49. The third-order valence-corrected chi connectivity index (χ3v) is 5.23. The number of carbonyl (C=O) groups is 1. The van der Waals surface area contributed by atoms with Gasteiger partial charge < -0.3 is 25.4 Å². The number of benzene rings is 1. The van der Waals surface area contributed by atoms with E-state index in [1.807, 2.05) is 24.3 Å². The van der Waals surface area contributed by atoms with Crippen LogP contribution in [-0.2, 0) is 4.79 Å². The van der Waals surface area contributed by atoms with Gasteiger partial charge in [0.15, 0.2) is 0 Å². The second kappa shape index (κ2) is 11.1. The van der Waals surface area contributed by atoms with E-state index in [0.717, 1.165) is 43.9 Å². The van der Waals surface area contributed by atoms with Crippen LogP contribution in [0, 0.1) is 5.92 Å². The van der Waals surface area contributed by atoms with Crippen molar-refractivity contribution in [2.24, 2.45) is 5.92 Å². The highest BCUT2D eigenvalue weighted by Gasteiger charge is 2.37. The Bertz CT molecular complexity index is 553. The number of carbonyl (C=O) groups excluding carboxylic acids is 1. The molecular weight excluding hydrogens is 344 g/mol. The second-order valence-electron chi connectivity index (χ2n) is 7.52. The van der Waals surface area contributed by atoms with Crippen molar-refractivity contribution in [1.82, 2.24) is 15.1 Å². The van der Waals surface area contributed by atoms with Crippen LogP contribution in [0.2, 0.25) is 0 Å². The molecule has 1 saturated heterocycles. The smallest absolute Gasteiger partial charge is 0.207 e. The summed E-state index contributed by atoms with van der Waals surface area (Å²) in [6, 6.07) is 9.01. The number of aliphatic hydroxyl groups excluding tert-OH is 1. The van der Waals surface area contributed by atoms with Crippen molar-refractivity contribution in [3.05, 3.63) is 24.3 Å². The van der Waals surface area contributed by atoms with Crippen molar-refractivity contribution in [3.63, 3.8) is 0 Å². The van der Waals surface area contributed by atoms with Crippen LogP contribution in [0.3, 0.4) is 0 Å². The van der Waals surface area contributed by atoms with Crippen LogP contribution in [0.5, 0.6) is 5.75 Å². The fourth-order valence-corrected chi connectivity index (χ4v) is 3.66. The minimum absolute atomic E-state index is 0.0990. The van der Waals surface area contributed by atoms with Gasteiger partial charge in [0.2, 0.25) is 6.41 Å². The molecule has 0 radical (unpaired) electrons. The van der Waals surface area contributed by atoms with Crippen molar-refractivity contribution in [2.75, 3.05) is 59.3 Å². The summed E-state index contributed by atoms with van der Waals surface area (Å²) in [4.78, 5) is 15.2. The van der Waals surface area contributed by atoms with Gasteiger partial charge in [0.1, 0.15) is 5.75 Å². The van der Waals surface area contributed by atoms with Gasteiger partial charge in [-0.25, -0.2) is 0 Å². The van der Waals surface area contributed by atoms with E-state index in [0.29, 0.717) is 25.0 Å². The Morgan fingerprint density at radius 3 is 2.67 bits per heavy atom. The number of hydrogen-bond donors (Lipinski definition) is 3. The number of anilines is 1. The van der Waals surface area contributed by atoms with Crippen molar-refractivity contribution in [1.29, 1.82) is 0 Å². The summed E-state index contributed by atoms with van der Waals surface area (Å²) in [5, 5.41) is 15.7. The summed E-state index contributed by atoms with van der Waals surface area (Å²) in [5.74, 6) is 0.960. The molecular formula is C20H34N4O3. The highest BCUT2D eigenvalue weighted by Crippen LogP contribution is 2.28. The van der Waals surface area contributed by atoms with Gasteiger partial charge in [-0.15, -0.1) is 0 Å². The number of nitrogens with one attached hydrogen (secondary N) is 2. The number of methoxy groups -OCH3 is 1. The molecule has 1 aromatic rings. The van der Waals surface area contributed by atoms with Crippen molar-refractivity contribution in [2.45, 2.75) is 24.9 Å². The van der Waals surface area contributed by atoms with Gasteiger partial charge in [0.25, 0.3) is 0 Å². The monoisotopic (exact) mass is 378 g/mol. The lowest BCUT2D eigenvalue weighted by Crippen LogP contribution is -2.61. The minimum Gasteiger partial charge on any atom is -0.497 e. The average Bonchev–Trinajstić information content (AvgIpc) is 2.66. The van der Waals surface area contributed by atoms with Gasteiger partial charge in [-0.1, -0.05) is 0 Å². The maximum absolute atomic E-state index is 10.5. The van der Waals surface area contributed by atoms with E-state index in [9.17, 15) is 9.90 Å². The molecule has 2 rings (SSSR count). The number of rotatable bonds is 13. The lowest BCUT2D eigenvalue weighted by atomic mass is 9.90. The van der Waals surface area contributed by atoms with Crippen molar-refractivity contribution in [3.8, 4) is 5.75 Å². The van der Waals surface area contributed by atoms with Crippen LogP contribution in [0.25, 0.3) is 0 Å². The van der Waals surface area contributed by atoms with Gasteiger partial charge in [-0.2, -0.15) is 0 Å². The van der Waals surface area contributed by atoms with Gasteiger partial charge in [-0.05, 0) is 57.7 Å². The number of ether oxygens (including phenoxy) is 1. The number of nitrogens with zero attached hydrogens (tertiary/aromatic N) is 2. The minimum atomic E-state index is 0.0990. The second-order valence-corrected chi connectivity index (χ2v) is 7.52. The molecule has 7 nitrogen and oxygen atoms in total. The van der Waals surface area contributed by atoms with E-state index >= 15 is 0 Å². The predicted molar refractivity (Wildman–Crippen MR) is 108 cm³/mol. The summed E-state index contributed by atoms with van der Waals surface area (Å²) in [7, 11) is 5.88. The Kier molecular flexibility index (Phi) is 8.84. The third kappa shape index (κ3) is 6.68. The number of amides is 1. The largest absolute Gasteiger partial charge is 0.497 e. The SMILES string of the molecule is COc1ccc(NC[C@H]2C[C@@H](CN(C)C)N2CCC(CO)CNC=O)cc1. The zero-order chi connectivity index (χ0) is 19.6. The number of hydrogen-bond acceptors (Lipinski definition) is 6. The first kappa shape index (κ1) is 21.5. The molecule has 0 aromatic heterocycles. The van der Waals surface area contributed by atoms with Crippen LogP contribution < -0.4 is 15.4 Å². The Labute approximate surface area is 162 Å². The molecule has 1 heterocycles. The normalized spacial score (nSPS) is 20.8. The molecule has 1 aliphatic heterocycles. The number of likely N-dealkylation sites (N-methyl/N-ethyl adjacent to an activating group) is 1. The molecule has 1 aromatic carbocycles. The predicted octanol–water partition coefficient (Wildman–Crippen LogP) is 0.856. The molecule has 0 bridgehead atoms. The standard InChI is InChI=1S/C20H34N4O3/c1-23(2)13-19-10-18(12-22-17-4-6-20(27-3)7-5-17)24(19)9-8-16(14-25)11-21-15-26/h4-7,15-16,18-19,22,25H,8-14H2,1-3H3,(H,21,26)/t16?,18-,19+/m1/s1. The van der Waals surface area contributed by atoms with Crippen LogP contribution in [-0.4, -0.2) is 87.4 Å². The molecule has 7 heteroatoms. The lowest BCUT2D eigenvalue weighted by Gasteiger charge is -2.50. The molecule has 3 N–H and O–H groups in total. The van der Waals surface area contributed by atoms with E-state index in [2.05, 4.69) is 34.5 Å². The topological polar surface area (TPSA) is 77.1 Å². The molecule has 3 atom stereocenters. The molecule has 1 unspecified atom stereocenters. The van der Waals surface area contributed by atoms with Crippen LogP contribution >= 0.6 is 0 Å². The molecule has 0 spiro atoms. The molecule has 1 fully saturated rings. The average molecular weight is 379 g/mol. The Balaban J connectivity index is 1.86. The van der Waals surface area contributed by atoms with Gasteiger partial charge in [0.05, 0.1) is 7.11 Å². The summed E-state index contributed by atoms with van der Waals surface area (Å²) < 4.78 is 5.20. The van der Waals surface area contributed by atoms with E-state index in [4.69, 9.17) is 4.74 Å². The third-order valence-electron chi connectivity index (χ3n) is 5.23. The van der Waals surface area contributed by atoms with Crippen LogP contribution in [0.4, 0.5) is 5.69 Å². The molecule has 27 heavy (non-hydrogen) atoms. The fraction of sp³-hybridized carbons (Fsp3) is 0.650. The van der Waals surface area contributed by atoms with E-state index in [1.165, 1.54) is 0 Å². The number of likely N-dealkylation sites (tertiary alicyclic amines) is 1. The van der Waals surface area contributed by atoms with E-state index < -0.39 is 0 Å². The molecule has 0 saturated carbocycles. The Morgan fingerprint density at radius 1 is 1.33 bits per heavy atom. The molecule has 1 amide bonds. The first-order chi connectivity index (χ1) is 13.1. The molecule has 152 valence electrons. The summed E-state index contributed by atoms with van der Waals surface area (Å²) in [5.41, 5.74) is 1.09. The van der Waals surface area contributed by atoms with Crippen molar-refractivity contribution >= 4 is 12.1 Å². The maximum atomic E-state index is 10.5. The van der Waals surface area contributed by atoms with Crippen molar-refractivity contribution < 1.29 is 14.6 Å². The Morgan fingerprint density at radius 2 is 2.07 bits per heavy atom. The first-order valence-corrected chi connectivity index (χ1v) is 9.63. The Hall–Kier alpha value is -1.83. The van der Waals surface area contributed by atoms with Gasteiger partial charge >= 0.3 is 0 Å². The summed E-state index contributed by atoms with van der Waals surface area (Å²) in [6.07, 6.45) is 2.74. The van der Waals surface area contributed by atoms with Gasteiger partial charge in [0, 0.05) is 49.9 Å².